The van der Waals surface area contributed by atoms with Gasteiger partial charge in [-0.2, -0.15) is 0 Å². The van der Waals surface area contributed by atoms with Gasteiger partial charge in [0.1, 0.15) is 4.99 Å². The highest BCUT2D eigenvalue weighted by Crippen LogP contribution is 2.30. The number of nitrogens with zero attached hydrogens (tertiary/aromatic N) is 1. The molecule has 3 nitrogen and oxygen atoms in total. The fraction of sp³-hybridized carbons (Fsp3) is 0.500. The molecular weight excluding hydrogens is 278 g/mol. The summed E-state index contributed by atoms with van der Waals surface area (Å²) in [5.41, 5.74) is 7.42. The monoisotopic (exact) mass is 295 g/mol. The van der Waals surface area contributed by atoms with Gasteiger partial charge >= 0.3 is 0 Å². The van der Waals surface area contributed by atoms with Crippen molar-refractivity contribution in [2.24, 2.45) is 11.7 Å². The summed E-state index contributed by atoms with van der Waals surface area (Å²) in [6.07, 6.45) is 2.60. The molecule has 2 bridgehead atoms. The molecule has 3 aliphatic rings. The number of fused-ring (bicyclic) bond motifs is 3. The van der Waals surface area contributed by atoms with Gasteiger partial charge < -0.3 is 16.0 Å². The Morgan fingerprint density at radius 3 is 2.63 bits per heavy atom. The molecular formula is C14H18ClN3S. The van der Waals surface area contributed by atoms with Gasteiger partial charge in [-0.1, -0.05) is 23.8 Å². The molecule has 0 amide bonds. The summed E-state index contributed by atoms with van der Waals surface area (Å²) in [4.78, 5) is 2.88. The van der Waals surface area contributed by atoms with Crippen molar-refractivity contribution in [3.8, 4) is 0 Å². The summed E-state index contributed by atoms with van der Waals surface area (Å²) < 4.78 is 0. The zero-order chi connectivity index (χ0) is 13.4. The number of benzene rings is 1. The van der Waals surface area contributed by atoms with Crippen LogP contribution in [0.2, 0.25) is 5.02 Å². The summed E-state index contributed by atoms with van der Waals surface area (Å²) in [5, 5.41) is 4.23. The second kappa shape index (κ2) is 5.27. The number of hydrogen-bond acceptors (Lipinski definition) is 3. The number of rotatable bonds is 3. The van der Waals surface area contributed by atoms with Crippen molar-refractivity contribution < 1.29 is 0 Å². The van der Waals surface area contributed by atoms with Crippen LogP contribution in [0, 0.1) is 5.92 Å². The smallest absolute Gasteiger partial charge is 0.105 e. The van der Waals surface area contributed by atoms with E-state index < -0.39 is 0 Å². The van der Waals surface area contributed by atoms with E-state index in [9.17, 15) is 0 Å². The van der Waals surface area contributed by atoms with E-state index in [4.69, 9.17) is 29.6 Å². The molecule has 1 aromatic carbocycles. The van der Waals surface area contributed by atoms with E-state index in [0.717, 1.165) is 23.7 Å². The average molecular weight is 296 g/mol. The molecule has 0 spiro atoms. The molecule has 3 aliphatic heterocycles. The quantitative estimate of drug-likeness (QED) is 0.841. The lowest BCUT2D eigenvalue weighted by Crippen LogP contribution is -2.53. The van der Waals surface area contributed by atoms with Crippen molar-refractivity contribution in [3.05, 3.63) is 28.8 Å². The first-order chi connectivity index (χ1) is 9.13. The minimum absolute atomic E-state index is 0.347. The van der Waals surface area contributed by atoms with Crippen LogP contribution in [-0.2, 0) is 0 Å². The van der Waals surface area contributed by atoms with Crippen LogP contribution in [0.1, 0.15) is 18.4 Å². The number of nitrogens with two attached hydrogens (primary N) is 1. The van der Waals surface area contributed by atoms with Crippen LogP contribution in [0.25, 0.3) is 0 Å². The van der Waals surface area contributed by atoms with Crippen molar-refractivity contribution in [1.82, 2.24) is 4.90 Å². The molecule has 1 atom stereocenters. The number of anilines is 1. The van der Waals surface area contributed by atoms with Gasteiger partial charge in [0.15, 0.2) is 0 Å². The Labute approximate surface area is 124 Å². The first-order valence-electron chi connectivity index (χ1n) is 6.72. The molecule has 3 saturated heterocycles. The fourth-order valence-electron chi connectivity index (χ4n) is 3.15. The van der Waals surface area contributed by atoms with Crippen LogP contribution >= 0.6 is 23.8 Å². The Hall–Kier alpha value is -0.840. The molecule has 0 radical (unpaired) electrons. The summed E-state index contributed by atoms with van der Waals surface area (Å²) in [7, 11) is 0. The molecule has 1 unspecified atom stereocenters. The molecule has 0 aliphatic carbocycles. The van der Waals surface area contributed by atoms with E-state index in [2.05, 4.69) is 10.2 Å². The predicted molar refractivity (Wildman–Crippen MR) is 83.9 cm³/mol. The molecule has 0 saturated carbocycles. The van der Waals surface area contributed by atoms with Gasteiger partial charge in [0, 0.05) is 23.8 Å². The molecule has 5 heteroatoms. The van der Waals surface area contributed by atoms with Crippen molar-refractivity contribution in [3.63, 3.8) is 0 Å². The van der Waals surface area contributed by atoms with Gasteiger partial charge in [-0.3, -0.25) is 0 Å². The molecule has 3 heterocycles. The lowest BCUT2D eigenvalue weighted by Gasteiger charge is -2.45. The summed E-state index contributed by atoms with van der Waals surface area (Å²) in [5.74, 6) is 0.791. The van der Waals surface area contributed by atoms with Crippen molar-refractivity contribution in [2.45, 2.75) is 18.9 Å². The third-order valence-electron chi connectivity index (χ3n) is 4.24. The van der Waals surface area contributed by atoms with Gasteiger partial charge in [-0.15, -0.1) is 0 Å². The minimum atomic E-state index is 0.347. The fourth-order valence-corrected chi connectivity index (χ4v) is 3.66. The first kappa shape index (κ1) is 13.2. The largest absolute Gasteiger partial charge is 0.389 e. The molecule has 1 aromatic rings. The normalized spacial score (nSPS) is 29.2. The number of piperidine rings is 3. The van der Waals surface area contributed by atoms with Crippen LogP contribution in [-0.4, -0.2) is 35.6 Å². The lowest BCUT2D eigenvalue weighted by molar-refractivity contribution is 0.0975. The van der Waals surface area contributed by atoms with Gasteiger partial charge in [0.25, 0.3) is 0 Å². The predicted octanol–water partition coefficient (Wildman–Crippen LogP) is 2.48. The number of halogens is 1. The first-order valence-corrected chi connectivity index (χ1v) is 7.50. The highest BCUT2D eigenvalue weighted by atomic mass is 35.5. The van der Waals surface area contributed by atoms with E-state index in [0.29, 0.717) is 16.1 Å². The van der Waals surface area contributed by atoms with Gasteiger partial charge in [-0.25, -0.2) is 0 Å². The van der Waals surface area contributed by atoms with Gasteiger partial charge in [-0.05, 0) is 50.0 Å². The highest BCUT2D eigenvalue weighted by molar-refractivity contribution is 7.80. The Morgan fingerprint density at radius 1 is 1.37 bits per heavy atom. The van der Waals surface area contributed by atoms with Crippen LogP contribution in [0.3, 0.4) is 0 Å². The van der Waals surface area contributed by atoms with Crippen LogP contribution in [0.5, 0.6) is 0 Å². The molecule has 4 rings (SSSR count). The van der Waals surface area contributed by atoms with Crippen LogP contribution < -0.4 is 11.1 Å². The third kappa shape index (κ3) is 2.71. The van der Waals surface area contributed by atoms with E-state index in [-0.39, 0.29) is 0 Å². The zero-order valence-electron chi connectivity index (χ0n) is 10.7. The van der Waals surface area contributed by atoms with Crippen LogP contribution in [0.15, 0.2) is 18.2 Å². The number of nitrogens with one attached hydrogen (secondary N) is 1. The topological polar surface area (TPSA) is 41.3 Å². The Morgan fingerprint density at radius 2 is 2.11 bits per heavy atom. The summed E-state index contributed by atoms with van der Waals surface area (Å²) >= 11 is 11.2. The van der Waals surface area contributed by atoms with E-state index in [1.165, 1.54) is 25.9 Å². The summed E-state index contributed by atoms with van der Waals surface area (Å²) in [6, 6.07) is 6.37. The maximum atomic E-state index is 6.20. The molecule has 3 fully saturated rings. The second-order valence-electron chi connectivity index (χ2n) is 5.45. The Kier molecular flexibility index (Phi) is 3.65. The van der Waals surface area contributed by atoms with Crippen molar-refractivity contribution in [2.75, 3.05) is 25.0 Å². The average Bonchev–Trinajstić information content (AvgIpc) is 2.39. The van der Waals surface area contributed by atoms with Gasteiger partial charge in [0.05, 0.1) is 5.02 Å². The number of thiocarbonyl (C=S) groups is 1. The molecule has 3 N–H and O–H groups in total. The maximum Gasteiger partial charge on any atom is 0.105 e. The number of hydrogen-bond donors (Lipinski definition) is 2. The van der Waals surface area contributed by atoms with E-state index >= 15 is 0 Å². The summed E-state index contributed by atoms with van der Waals surface area (Å²) in [6.45, 7) is 3.65. The third-order valence-corrected chi connectivity index (χ3v) is 4.78. The second-order valence-corrected chi connectivity index (χ2v) is 6.29. The van der Waals surface area contributed by atoms with Crippen LogP contribution in [0.4, 0.5) is 5.69 Å². The van der Waals surface area contributed by atoms with Gasteiger partial charge in [0.2, 0.25) is 0 Å². The lowest BCUT2D eigenvalue weighted by atomic mass is 9.84. The maximum absolute atomic E-state index is 6.20. The molecule has 102 valence electrons. The minimum Gasteiger partial charge on any atom is -0.389 e. The SMILES string of the molecule is NC(=S)c1ccc(NC2CN3CCC2CC3)cc1Cl. The van der Waals surface area contributed by atoms with E-state index in [1.807, 2.05) is 18.2 Å². The highest BCUT2D eigenvalue weighted by Gasteiger charge is 2.33. The Bertz CT molecular complexity index is 497. The Balaban J connectivity index is 1.73. The standard InChI is InChI=1S/C14H18ClN3S/c15-12-7-10(1-2-11(12)14(16)19)17-13-8-18-5-3-9(13)4-6-18/h1-2,7,9,13,17H,3-6,8H2,(H2,16,19). The zero-order valence-corrected chi connectivity index (χ0v) is 12.3. The van der Waals surface area contributed by atoms with Crippen molar-refractivity contribution in [1.29, 1.82) is 0 Å². The van der Waals surface area contributed by atoms with E-state index in [1.54, 1.807) is 0 Å². The van der Waals surface area contributed by atoms with Crippen molar-refractivity contribution >= 4 is 34.5 Å². The molecule has 0 aromatic heterocycles. The molecule has 19 heavy (non-hydrogen) atoms.